The van der Waals surface area contributed by atoms with Crippen molar-refractivity contribution in [2.24, 2.45) is 5.73 Å². The van der Waals surface area contributed by atoms with Crippen LogP contribution in [0.15, 0.2) is 24.3 Å². The number of hydrogen-bond acceptors (Lipinski definition) is 2. The van der Waals surface area contributed by atoms with Gasteiger partial charge in [0.25, 0.3) is 0 Å². The Morgan fingerprint density at radius 1 is 1.24 bits per heavy atom. The van der Waals surface area contributed by atoms with Crippen LogP contribution in [-0.4, -0.2) is 24.0 Å². The molecule has 2 rings (SSSR count). The minimum atomic E-state index is 0.378. The van der Waals surface area contributed by atoms with E-state index in [9.17, 15) is 0 Å². The van der Waals surface area contributed by atoms with Crippen molar-refractivity contribution in [2.75, 3.05) is 13.1 Å². The molecule has 1 aromatic rings. The van der Waals surface area contributed by atoms with E-state index in [-0.39, 0.29) is 0 Å². The fourth-order valence-corrected chi connectivity index (χ4v) is 3.28. The molecule has 2 N–H and O–H groups in total. The second-order valence-corrected chi connectivity index (χ2v) is 6.50. The van der Waals surface area contributed by atoms with Gasteiger partial charge in [0.15, 0.2) is 0 Å². The summed E-state index contributed by atoms with van der Waals surface area (Å²) in [6.07, 6.45) is 6.39. The maximum Gasteiger partial charge on any atom is 0.0476 e. The predicted octanol–water partition coefficient (Wildman–Crippen LogP) is 4.46. The molecule has 2 heteroatoms. The molecule has 1 aliphatic carbocycles. The summed E-state index contributed by atoms with van der Waals surface area (Å²) in [7, 11) is 0. The van der Waals surface area contributed by atoms with Crippen molar-refractivity contribution in [3.8, 4) is 0 Å². The fourth-order valence-electron chi connectivity index (χ4n) is 3.28. The highest BCUT2D eigenvalue weighted by molar-refractivity contribution is 5.36. The first kappa shape index (κ1) is 16.5. The number of nitrogens with zero attached hydrogens (tertiary/aromatic N) is 1. The van der Waals surface area contributed by atoms with Crippen molar-refractivity contribution in [2.45, 2.75) is 70.9 Å². The van der Waals surface area contributed by atoms with Gasteiger partial charge < -0.3 is 5.73 Å². The van der Waals surface area contributed by atoms with E-state index in [1.165, 1.54) is 37.7 Å². The zero-order valence-electron chi connectivity index (χ0n) is 14.0. The highest BCUT2D eigenvalue weighted by Gasteiger charge is 2.30. The molecule has 1 saturated carbocycles. The maximum absolute atomic E-state index is 6.22. The standard InChI is InChI=1S/C19H32N2/c1-4-6-13-21(15(3)5-2)19(14-20)18-10-8-7-9-17(18)16-11-12-16/h7-10,15-16,19H,4-6,11-14,20H2,1-3H3. The zero-order valence-corrected chi connectivity index (χ0v) is 14.0. The van der Waals surface area contributed by atoms with Crippen molar-refractivity contribution in [3.63, 3.8) is 0 Å². The molecule has 0 amide bonds. The van der Waals surface area contributed by atoms with E-state index in [2.05, 4.69) is 49.9 Å². The average molecular weight is 288 g/mol. The van der Waals surface area contributed by atoms with Crippen LogP contribution in [-0.2, 0) is 0 Å². The van der Waals surface area contributed by atoms with E-state index in [4.69, 9.17) is 5.73 Å². The number of nitrogens with two attached hydrogens (primary N) is 1. The molecule has 0 aliphatic heterocycles. The lowest BCUT2D eigenvalue weighted by atomic mass is 9.94. The Labute approximate surface area is 130 Å². The molecule has 0 aromatic heterocycles. The monoisotopic (exact) mass is 288 g/mol. The largest absolute Gasteiger partial charge is 0.329 e. The molecule has 1 aromatic carbocycles. The highest BCUT2D eigenvalue weighted by atomic mass is 15.2. The van der Waals surface area contributed by atoms with Crippen molar-refractivity contribution in [3.05, 3.63) is 35.4 Å². The molecule has 0 saturated heterocycles. The number of rotatable bonds is 9. The van der Waals surface area contributed by atoms with Crippen LogP contribution in [0.3, 0.4) is 0 Å². The minimum absolute atomic E-state index is 0.378. The maximum atomic E-state index is 6.22. The van der Waals surface area contributed by atoms with Gasteiger partial charge in [-0.2, -0.15) is 0 Å². The highest BCUT2D eigenvalue weighted by Crippen LogP contribution is 2.43. The molecule has 0 bridgehead atoms. The van der Waals surface area contributed by atoms with Gasteiger partial charge in [-0.25, -0.2) is 0 Å². The summed E-state index contributed by atoms with van der Waals surface area (Å²) >= 11 is 0. The molecule has 2 atom stereocenters. The summed E-state index contributed by atoms with van der Waals surface area (Å²) in [5.41, 5.74) is 9.26. The van der Waals surface area contributed by atoms with Gasteiger partial charge in [-0.05, 0) is 56.2 Å². The van der Waals surface area contributed by atoms with Crippen molar-refractivity contribution >= 4 is 0 Å². The van der Waals surface area contributed by atoms with Crippen molar-refractivity contribution < 1.29 is 0 Å². The SMILES string of the molecule is CCCCN(C(C)CC)C(CN)c1ccccc1C1CC1. The van der Waals surface area contributed by atoms with Gasteiger partial charge in [-0.1, -0.05) is 44.5 Å². The van der Waals surface area contributed by atoms with Gasteiger partial charge in [0.05, 0.1) is 0 Å². The molecular weight excluding hydrogens is 256 g/mol. The Morgan fingerprint density at radius 2 is 1.95 bits per heavy atom. The van der Waals surface area contributed by atoms with Gasteiger partial charge in [0.2, 0.25) is 0 Å². The van der Waals surface area contributed by atoms with E-state index < -0.39 is 0 Å². The van der Waals surface area contributed by atoms with Crippen molar-refractivity contribution in [1.82, 2.24) is 4.90 Å². The molecule has 2 nitrogen and oxygen atoms in total. The molecular formula is C19H32N2. The Morgan fingerprint density at radius 3 is 2.52 bits per heavy atom. The molecule has 118 valence electrons. The normalized spacial score (nSPS) is 18.0. The molecule has 2 unspecified atom stereocenters. The van der Waals surface area contributed by atoms with Crippen LogP contribution in [0, 0.1) is 0 Å². The second-order valence-electron chi connectivity index (χ2n) is 6.50. The topological polar surface area (TPSA) is 29.3 Å². The molecule has 0 radical (unpaired) electrons. The summed E-state index contributed by atoms with van der Waals surface area (Å²) < 4.78 is 0. The lowest BCUT2D eigenvalue weighted by molar-refractivity contribution is 0.140. The van der Waals surface area contributed by atoms with Gasteiger partial charge in [-0.15, -0.1) is 0 Å². The lowest BCUT2D eigenvalue weighted by Crippen LogP contribution is -2.40. The van der Waals surface area contributed by atoms with E-state index in [1.807, 2.05) is 0 Å². The van der Waals surface area contributed by atoms with E-state index in [1.54, 1.807) is 5.56 Å². The van der Waals surface area contributed by atoms with Crippen LogP contribution < -0.4 is 5.73 Å². The Balaban J connectivity index is 2.26. The third kappa shape index (κ3) is 4.08. The molecule has 1 fully saturated rings. The van der Waals surface area contributed by atoms with E-state index in [0.29, 0.717) is 12.1 Å². The smallest absolute Gasteiger partial charge is 0.0476 e. The summed E-state index contributed by atoms with van der Waals surface area (Å²) in [6.45, 7) is 8.77. The summed E-state index contributed by atoms with van der Waals surface area (Å²) in [5.74, 6) is 0.792. The molecule has 0 heterocycles. The van der Waals surface area contributed by atoms with E-state index in [0.717, 1.165) is 19.0 Å². The minimum Gasteiger partial charge on any atom is -0.329 e. The molecule has 0 spiro atoms. The fraction of sp³-hybridized carbons (Fsp3) is 0.684. The van der Waals surface area contributed by atoms with Crippen LogP contribution in [0.2, 0.25) is 0 Å². The van der Waals surface area contributed by atoms with Gasteiger partial charge in [0.1, 0.15) is 0 Å². The third-order valence-electron chi connectivity index (χ3n) is 4.92. The predicted molar refractivity (Wildman–Crippen MR) is 91.6 cm³/mol. The van der Waals surface area contributed by atoms with Crippen LogP contribution in [0.4, 0.5) is 0 Å². The second kappa shape index (κ2) is 7.95. The summed E-state index contributed by atoms with van der Waals surface area (Å²) in [5, 5.41) is 0. The molecule has 21 heavy (non-hydrogen) atoms. The quantitative estimate of drug-likeness (QED) is 0.726. The summed E-state index contributed by atoms with van der Waals surface area (Å²) in [4.78, 5) is 2.64. The first-order valence-corrected chi connectivity index (χ1v) is 8.77. The van der Waals surface area contributed by atoms with Gasteiger partial charge in [0, 0.05) is 18.6 Å². The van der Waals surface area contributed by atoms with Crippen LogP contribution in [0.25, 0.3) is 0 Å². The first-order chi connectivity index (χ1) is 10.2. The average Bonchev–Trinajstić information content (AvgIpc) is 3.35. The zero-order chi connectivity index (χ0) is 15.2. The number of benzene rings is 1. The Kier molecular flexibility index (Phi) is 6.25. The van der Waals surface area contributed by atoms with Gasteiger partial charge >= 0.3 is 0 Å². The first-order valence-electron chi connectivity index (χ1n) is 8.77. The molecule has 1 aliphatic rings. The van der Waals surface area contributed by atoms with Crippen LogP contribution in [0.5, 0.6) is 0 Å². The summed E-state index contributed by atoms with van der Waals surface area (Å²) in [6, 6.07) is 9.97. The number of hydrogen-bond donors (Lipinski definition) is 1. The van der Waals surface area contributed by atoms with E-state index >= 15 is 0 Å². The number of unbranched alkanes of at least 4 members (excludes halogenated alkanes) is 1. The van der Waals surface area contributed by atoms with Crippen LogP contribution >= 0.6 is 0 Å². The Hall–Kier alpha value is -0.860. The van der Waals surface area contributed by atoms with Crippen LogP contribution in [0.1, 0.15) is 76.0 Å². The third-order valence-corrected chi connectivity index (χ3v) is 4.92. The van der Waals surface area contributed by atoms with Gasteiger partial charge in [-0.3, -0.25) is 4.90 Å². The van der Waals surface area contributed by atoms with Crippen molar-refractivity contribution in [1.29, 1.82) is 0 Å². The lowest BCUT2D eigenvalue weighted by Gasteiger charge is -2.37. The Bertz CT molecular complexity index is 425.